The van der Waals surface area contributed by atoms with Crippen molar-refractivity contribution in [3.8, 4) is 0 Å². The van der Waals surface area contributed by atoms with Crippen LogP contribution in [0.15, 0.2) is 53.5 Å². The Kier molecular flexibility index (Phi) is 6.06. The van der Waals surface area contributed by atoms with Crippen LogP contribution in [-0.2, 0) is 6.54 Å². The number of urea groups is 1. The van der Waals surface area contributed by atoms with E-state index in [0.717, 1.165) is 62.4 Å². The Labute approximate surface area is 194 Å². The first-order chi connectivity index (χ1) is 16.0. The molecule has 1 aliphatic carbocycles. The molecule has 2 aliphatic heterocycles. The monoisotopic (exact) mass is 449 g/mol. The molecule has 3 aliphatic rings. The second-order valence-electron chi connectivity index (χ2n) is 9.52. The summed E-state index contributed by atoms with van der Waals surface area (Å²) in [5.74, 6) is 0.424. The highest BCUT2D eigenvalue weighted by atomic mass is 19.1. The standard InChI is InChI=1S/C26H32FN5O/c27-20-8-6-11-22(17-20)32-25(33)30-24(29-21-9-2-1-3-10-21)26(32)13-15-31(16-14-26)18-19-7-4-5-12-23(19)28/h4-8,11-12,17,21H,1-3,9-10,13-16,18,28H2,(H,29,30,33). The third-order valence-corrected chi connectivity index (χ3v) is 7.38. The average molecular weight is 450 g/mol. The summed E-state index contributed by atoms with van der Waals surface area (Å²) in [6, 6.07) is 14.3. The number of rotatable bonds is 4. The summed E-state index contributed by atoms with van der Waals surface area (Å²) in [5, 5.41) is 3.08. The minimum Gasteiger partial charge on any atom is -0.398 e. The lowest BCUT2D eigenvalue weighted by Crippen LogP contribution is -2.57. The molecule has 33 heavy (non-hydrogen) atoms. The van der Waals surface area contributed by atoms with E-state index in [0.29, 0.717) is 5.69 Å². The summed E-state index contributed by atoms with van der Waals surface area (Å²) in [4.78, 5) is 22.4. The Hall–Kier alpha value is -2.93. The molecule has 7 heteroatoms. The van der Waals surface area contributed by atoms with E-state index in [4.69, 9.17) is 10.7 Å². The molecule has 2 aromatic rings. The number of hydrogen-bond acceptors (Lipinski definition) is 4. The van der Waals surface area contributed by atoms with Gasteiger partial charge in [0.15, 0.2) is 0 Å². The molecule has 174 valence electrons. The van der Waals surface area contributed by atoms with Gasteiger partial charge in [-0.1, -0.05) is 43.5 Å². The summed E-state index contributed by atoms with van der Waals surface area (Å²) >= 11 is 0. The molecule has 0 unspecified atom stereocenters. The van der Waals surface area contributed by atoms with Gasteiger partial charge in [-0.15, -0.1) is 0 Å². The maximum atomic E-state index is 14.1. The molecule has 2 heterocycles. The number of nitrogen functional groups attached to an aromatic ring is 1. The fourth-order valence-corrected chi connectivity index (χ4v) is 5.56. The lowest BCUT2D eigenvalue weighted by molar-refractivity contribution is 0.184. The van der Waals surface area contributed by atoms with Gasteiger partial charge in [0, 0.05) is 31.0 Å². The van der Waals surface area contributed by atoms with Crippen LogP contribution in [-0.4, -0.2) is 41.4 Å². The third kappa shape index (κ3) is 4.34. The molecule has 1 saturated carbocycles. The SMILES string of the molecule is Nc1ccccc1CN1CCC2(CC1)C(=NC1CCCCC1)NC(=O)N2c1cccc(F)c1. The first kappa shape index (κ1) is 21.9. The number of piperidine rings is 1. The lowest BCUT2D eigenvalue weighted by atomic mass is 9.84. The van der Waals surface area contributed by atoms with Gasteiger partial charge in [-0.25, -0.2) is 9.18 Å². The molecular weight excluding hydrogens is 417 g/mol. The average Bonchev–Trinajstić information content (AvgIpc) is 3.08. The van der Waals surface area contributed by atoms with Crippen LogP contribution in [0.4, 0.5) is 20.6 Å². The summed E-state index contributed by atoms with van der Waals surface area (Å²) in [7, 11) is 0. The molecule has 3 N–H and O–H groups in total. The minimum absolute atomic E-state index is 0.212. The molecule has 0 aromatic heterocycles. The molecule has 2 aromatic carbocycles. The normalized spacial score (nSPS) is 22.8. The van der Waals surface area contributed by atoms with E-state index in [9.17, 15) is 9.18 Å². The van der Waals surface area contributed by atoms with E-state index >= 15 is 0 Å². The van der Waals surface area contributed by atoms with Crippen LogP contribution in [0, 0.1) is 5.82 Å². The Bertz CT molecular complexity index is 1040. The second kappa shape index (κ2) is 9.14. The molecular formula is C26H32FN5O. The van der Waals surface area contributed by atoms with Gasteiger partial charge in [0.2, 0.25) is 0 Å². The van der Waals surface area contributed by atoms with Crippen molar-refractivity contribution in [3.63, 3.8) is 0 Å². The zero-order valence-electron chi connectivity index (χ0n) is 19.0. The van der Waals surface area contributed by atoms with Gasteiger partial charge in [-0.2, -0.15) is 0 Å². The van der Waals surface area contributed by atoms with Gasteiger partial charge in [-0.3, -0.25) is 20.1 Å². The number of hydrogen-bond donors (Lipinski definition) is 2. The van der Waals surface area contributed by atoms with Crippen molar-refractivity contribution in [1.29, 1.82) is 0 Å². The largest absolute Gasteiger partial charge is 0.398 e. The second-order valence-corrected chi connectivity index (χ2v) is 9.52. The highest BCUT2D eigenvalue weighted by Gasteiger charge is 2.53. The first-order valence-corrected chi connectivity index (χ1v) is 12.1. The van der Waals surface area contributed by atoms with Crippen molar-refractivity contribution < 1.29 is 9.18 Å². The van der Waals surface area contributed by atoms with E-state index in [1.165, 1.54) is 31.4 Å². The topological polar surface area (TPSA) is 74.0 Å². The molecule has 2 amide bonds. The number of nitrogens with one attached hydrogen (secondary N) is 1. The number of benzene rings is 2. The highest BCUT2D eigenvalue weighted by molar-refractivity contribution is 6.19. The van der Waals surface area contributed by atoms with E-state index in [2.05, 4.69) is 16.3 Å². The van der Waals surface area contributed by atoms with Crippen LogP contribution in [0.1, 0.15) is 50.5 Å². The summed E-state index contributed by atoms with van der Waals surface area (Å²) in [6.45, 7) is 2.39. The van der Waals surface area contributed by atoms with Gasteiger partial charge in [0.25, 0.3) is 0 Å². The molecule has 1 spiro atoms. The Morgan fingerprint density at radius 3 is 2.55 bits per heavy atom. The fraction of sp³-hybridized carbons (Fsp3) is 0.462. The number of likely N-dealkylation sites (tertiary alicyclic amines) is 1. The predicted octanol–water partition coefficient (Wildman–Crippen LogP) is 4.70. The van der Waals surface area contributed by atoms with Gasteiger partial charge >= 0.3 is 6.03 Å². The van der Waals surface area contributed by atoms with Gasteiger partial charge < -0.3 is 5.73 Å². The van der Waals surface area contributed by atoms with Crippen LogP contribution >= 0.6 is 0 Å². The van der Waals surface area contributed by atoms with Crippen LogP contribution < -0.4 is 16.0 Å². The Balaban J connectivity index is 1.44. The van der Waals surface area contributed by atoms with Crippen LogP contribution in [0.25, 0.3) is 0 Å². The highest BCUT2D eigenvalue weighted by Crippen LogP contribution is 2.39. The zero-order valence-corrected chi connectivity index (χ0v) is 19.0. The first-order valence-electron chi connectivity index (χ1n) is 12.1. The molecule has 0 bridgehead atoms. The Morgan fingerprint density at radius 1 is 1.06 bits per heavy atom. The van der Waals surface area contributed by atoms with Crippen molar-refractivity contribution in [2.45, 2.75) is 63.1 Å². The predicted molar refractivity (Wildman–Crippen MR) is 130 cm³/mol. The van der Waals surface area contributed by atoms with Gasteiger partial charge in [-0.05, 0) is 55.5 Å². The number of halogens is 1. The van der Waals surface area contributed by atoms with Crippen LogP contribution in [0.3, 0.4) is 0 Å². The van der Waals surface area contributed by atoms with Crippen molar-refractivity contribution in [1.82, 2.24) is 10.2 Å². The van der Waals surface area contributed by atoms with E-state index in [-0.39, 0.29) is 17.9 Å². The van der Waals surface area contributed by atoms with Crippen LogP contribution in [0.5, 0.6) is 0 Å². The number of nitrogens with zero attached hydrogens (tertiary/aromatic N) is 3. The van der Waals surface area contributed by atoms with Crippen molar-refractivity contribution in [2.75, 3.05) is 23.7 Å². The number of para-hydroxylation sites is 1. The number of aliphatic imine (C=N–C) groups is 1. The van der Waals surface area contributed by atoms with E-state index in [1.54, 1.807) is 11.0 Å². The number of amides is 2. The number of carbonyl (C=O) groups is 1. The maximum Gasteiger partial charge on any atom is 0.328 e. The van der Waals surface area contributed by atoms with Crippen molar-refractivity contribution >= 4 is 23.2 Å². The number of carbonyl (C=O) groups excluding carboxylic acids is 1. The smallest absolute Gasteiger partial charge is 0.328 e. The van der Waals surface area contributed by atoms with E-state index in [1.807, 2.05) is 24.3 Å². The molecule has 0 atom stereocenters. The zero-order chi connectivity index (χ0) is 22.8. The molecule has 3 fully saturated rings. The van der Waals surface area contributed by atoms with Gasteiger partial charge in [0.1, 0.15) is 17.2 Å². The van der Waals surface area contributed by atoms with Crippen LogP contribution in [0.2, 0.25) is 0 Å². The Morgan fingerprint density at radius 2 is 1.82 bits per heavy atom. The molecule has 5 rings (SSSR count). The lowest BCUT2D eigenvalue weighted by Gasteiger charge is -2.44. The number of anilines is 2. The summed E-state index contributed by atoms with van der Waals surface area (Å²) in [5.41, 5.74) is 8.10. The van der Waals surface area contributed by atoms with Crippen molar-refractivity contribution in [2.24, 2.45) is 4.99 Å². The number of amidine groups is 1. The fourth-order valence-electron chi connectivity index (χ4n) is 5.56. The minimum atomic E-state index is -0.568. The third-order valence-electron chi connectivity index (χ3n) is 7.38. The van der Waals surface area contributed by atoms with Gasteiger partial charge in [0.05, 0.1) is 6.04 Å². The molecule has 6 nitrogen and oxygen atoms in total. The summed E-state index contributed by atoms with van der Waals surface area (Å²) < 4.78 is 14.1. The summed E-state index contributed by atoms with van der Waals surface area (Å²) in [6.07, 6.45) is 7.22. The quantitative estimate of drug-likeness (QED) is 0.665. The molecule has 2 saturated heterocycles. The molecule has 0 radical (unpaired) electrons. The van der Waals surface area contributed by atoms with Crippen molar-refractivity contribution in [3.05, 3.63) is 59.9 Å². The van der Waals surface area contributed by atoms with E-state index < -0.39 is 5.54 Å². The maximum absolute atomic E-state index is 14.1. The number of nitrogens with two attached hydrogens (primary N) is 1.